The molecule has 1 aliphatic rings. The fourth-order valence-electron chi connectivity index (χ4n) is 3.45. The van der Waals surface area contributed by atoms with Crippen LogP contribution in [0, 0.1) is 0 Å². The molecule has 6 nitrogen and oxygen atoms in total. The summed E-state index contributed by atoms with van der Waals surface area (Å²) in [5.41, 5.74) is 8.70. The van der Waals surface area contributed by atoms with Gasteiger partial charge >= 0.3 is 5.97 Å². The lowest BCUT2D eigenvalue weighted by atomic mass is 9.97. The Morgan fingerprint density at radius 2 is 1.96 bits per heavy atom. The lowest BCUT2D eigenvalue weighted by Gasteiger charge is -2.11. The maximum absolute atomic E-state index is 12.0. The van der Waals surface area contributed by atoms with Gasteiger partial charge in [-0.15, -0.1) is 11.3 Å². The molecule has 7 heteroatoms. The first-order valence-corrected chi connectivity index (χ1v) is 10.4. The van der Waals surface area contributed by atoms with Crippen LogP contribution in [-0.2, 0) is 35.4 Å². The molecule has 0 unspecified atom stereocenters. The van der Waals surface area contributed by atoms with E-state index in [2.05, 4.69) is 16.9 Å². The number of anilines is 1. The molecule has 0 radical (unpaired) electrons. The van der Waals surface area contributed by atoms with E-state index in [1.807, 2.05) is 24.3 Å². The molecule has 0 atom stereocenters. The normalized spacial score (nSPS) is 13.3. The van der Waals surface area contributed by atoms with Crippen LogP contribution in [0.4, 0.5) is 5.82 Å². The number of carbonyl (C=O) groups excluding carboxylic acids is 1. The van der Waals surface area contributed by atoms with Crippen molar-refractivity contribution >= 4 is 33.3 Å². The zero-order valence-electron chi connectivity index (χ0n) is 15.9. The summed E-state index contributed by atoms with van der Waals surface area (Å²) in [6, 6.07) is 7.66. The molecule has 0 amide bonds. The Morgan fingerprint density at radius 3 is 2.75 bits per heavy atom. The largest absolute Gasteiger partial charge is 0.482 e. The molecule has 0 saturated heterocycles. The first-order valence-electron chi connectivity index (χ1n) is 9.58. The Balaban J connectivity index is 1.37. The minimum Gasteiger partial charge on any atom is -0.482 e. The first kappa shape index (κ1) is 18.7. The number of esters is 1. The molecular formula is C21H23N3O3S. The van der Waals surface area contributed by atoms with Gasteiger partial charge in [-0.2, -0.15) is 0 Å². The third kappa shape index (κ3) is 3.94. The second-order valence-electron chi connectivity index (χ2n) is 6.86. The van der Waals surface area contributed by atoms with Crippen molar-refractivity contribution in [3.05, 3.63) is 46.1 Å². The molecule has 0 fully saturated rings. The van der Waals surface area contributed by atoms with Crippen LogP contribution in [-0.4, -0.2) is 22.5 Å². The Kier molecular flexibility index (Phi) is 5.43. The van der Waals surface area contributed by atoms with E-state index in [1.165, 1.54) is 28.8 Å². The van der Waals surface area contributed by atoms with Gasteiger partial charge in [0, 0.05) is 4.88 Å². The third-order valence-corrected chi connectivity index (χ3v) is 6.13. The van der Waals surface area contributed by atoms with Gasteiger partial charge in [0.15, 0.2) is 19.0 Å². The number of aryl methyl sites for hydroxylation is 3. The minimum absolute atomic E-state index is 0.0142. The predicted molar refractivity (Wildman–Crippen MR) is 110 cm³/mol. The molecule has 28 heavy (non-hydrogen) atoms. The van der Waals surface area contributed by atoms with Crippen molar-refractivity contribution in [1.29, 1.82) is 0 Å². The number of aromatic nitrogens is 2. The predicted octanol–water partition coefficient (Wildman–Crippen LogP) is 3.84. The standard InChI is InChI=1S/C21H23N3O3S/c1-2-13-7-9-14(10-8-13)26-12-18(25)27-11-17-23-20(22)19-15-5-3-4-6-16(15)28-21(19)24-17/h7-10H,2-6,11-12H2,1H3,(H2,22,23,24). The van der Waals surface area contributed by atoms with Crippen molar-refractivity contribution in [2.45, 2.75) is 45.6 Å². The van der Waals surface area contributed by atoms with E-state index in [-0.39, 0.29) is 13.2 Å². The molecule has 0 spiro atoms. The number of thiophene rings is 1. The summed E-state index contributed by atoms with van der Waals surface area (Å²) in [6.45, 7) is 1.92. The van der Waals surface area contributed by atoms with Crippen LogP contribution in [0.25, 0.3) is 10.2 Å². The van der Waals surface area contributed by atoms with Gasteiger partial charge < -0.3 is 15.2 Å². The molecule has 1 aromatic carbocycles. The zero-order valence-corrected chi connectivity index (χ0v) is 16.7. The van der Waals surface area contributed by atoms with Crippen molar-refractivity contribution in [1.82, 2.24) is 9.97 Å². The Morgan fingerprint density at radius 1 is 1.18 bits per heavy atom. The highest BCUT2D eigenvalue weighted by atomic mass is 32.1. The molecular weight excluding hydrogens is 374 g/mol. The maximum Gasteiger partial charge on any atom is 0.344 e. The van der Waals surface area contributed by atoms with Crippen molar-refractivity contribution in [2.24, 2.45) is 0 Å². The molecule has 3 aromatic rings. The minimum atomic E-state index is -0.465. The van der Waals surface area contributed by atoms with Crippen LogP contribution in [0.5, 0.6) is 5.75 Å². The average molecular weight is 398 g/mol. The first-order chi connectivity index (χ1) is 13.6. The molecule has 2 heterocycles. The van der Waals surface area contributed by atoms with Crippen LogP contribution < -0.4 is 10.5 Å². The van der Waals surface area contributed by atoms with Crippen molar-refractivity contribution in [3.8, 4) is 5.75 Å². The summed E-state index contributed by atoms with van der Waals surface area (Å²) >= 11 is 1.68. The summed E-state index contributed by atoms with van der Waals surface area (Å²) in [7, 11) is 0. The number of nitrogens with two attached hydrogens (primary N) is 1. The Labute approximate surface area is 167 Å². The molecule has 0 saturated carbocycles. The lowest BCUT2D eigenvalue weighted by molar-refractivity contribution is -0.147. The fourth-order valence-corrected chi connectivity index (χ4v) is 4.73. The molecule has 1 aliphatic carbocycles. The second kappa shape index (κ2) is 8.14. The van der Waals surface area contributed by atoms with Crippen LogP contribution in [0.2, 0.25) is 0 Å². The smallest absolute Gasteiger partial charge is 0.344 e. The number of nitrogens with zero attached hydrogens (tertiary/aromatic N) is 2. The van der Waals surface area contributed by atoms with E-state index in [0.717, 1.165) is 29.5 Å². The molecule has 146 valence electrons. The number of nitrogen functional groups attached to an aromatic ring is 1. The van der Waals surface area contributed by atoms with E-state index >= 15 is 0 Å². The number of benzene rings is 1. The summed E-state index contributed by atoms with van der Waals surface area (Å²) in [5.74, 6) is 1.07. The van der Waals surface area contributed by atoms with Crippen LogP contribution >= 0.6 is 11.3 Å². The lowest BCUT2D eigenvalue weighted by Crippen LogP contribution is -2.15. The van der Waals surface area contributed by atoms with Crippen LogP contribution in [0.1, 0.15) is 41.6 Å². The summed E-state index contributed by atoms with van der Waals surface area (Å²) in [5, 5.41) is 0.980. The zero-order chi connectivity index (χ0) is 19.5. The van der Waals surface area contributed by atoms with Crippen LogP contribution in [0.3, 0.4) is 0 Å². The molecule has 2 N–H and O–H groups in total. The van der Waals surface area contributed by atoms with E-state index in [0.29, 0.717) is 17.4 Å². The topological polar surface area (TPSA) is 87.3 Å². The van der Waals surface area contributed by atoms with Gasteiger partial charge in [0.2, 0.25) is 0 Å². The van der Waals surface area contributed by atoms with Crippen LogP contribution in [0.15, 0.2) is 24.3 Å². The fraction of sp³-hybridized carbons (Fsp3) is 0.381. The number of hydrogen-bond donors (Lipinski definition) is 1. The van der Waals surface area contributed by atoms with E-state index in [1.54, 1.807) is 11.3 Å². The van der Waals surface area contributed by atoms with E-state index in [4.69, 9.17) is 15.2 Å². The second-order valence-corrected chi connectivity index (χ2v) is 7.95. The molecule has 4 rings (SSSR count). The summed E-state index contributed by atoms with van der Waals surface area (Å²) in [6.07, 6.45) is 5.46. The van der Waals surface area contributed by atoms with Gasteiger partial charge in [-0.25, -0.2) is 14.8 Å². The molecule has 0 aliphatic heterocycles. The SMILES string of the molecule is CCc1ccc(OCC(=O)OCc2nc(N)c3c4c(sc3n2)CCCC4)cc1. The number of rotatable bonds is 6. The highest BCUT2D eigenvalue weighted by Crippen LogP contribution is 2.37. The van der Waals surface area contributed by atoms with Gasteiger partial charge in [-0.3, -0.25) is 0 Å². The van der Waals surface area contributed by atoms with Gasteiger partial charge in [0.25, 0.3) is 0 Å². The number of carbonyl (C=O) groups is 1. The average Bonchev–Trinajstić information content (AvgIpc) is 3.10. The number of hydrogen-bond acceptors (Lipinski definition) is 7. The van der Waals surface area contributed by atoms with Gasteiger partial charge in [0.1, 0.15) is 16.4 Å². The Hall–Kier alpha value is -2.67. The van der Waals surface area contributed by atoms with Gasteiger partial charge in [-0.1, -0.05) is 19.1 Å². The number of fused-ring (bicyclic) bond motifs is 3. The van der Waals surface area contributed by atoms with Crippen molar-refractivity contribution in [2.75, 3.05) is 12.3 Å². The van der Waals surface area contributed by atoms with Crippen molar-refractivity contribution in [3.63, 3.8) is 0 Å². The third-order valence-electron chi connectivity index (χ3n) is 4.94. The monoisotopic (exact) mass is 397 g/mol. The van der Waals surface area contributed by atoms with E-state index in [9.17, 15) is 4.79 Å². The van der Waals surface area contributed by atoms with Crippen molar-refractivity contribution < 1.29 is 14.3 Å². The van der Waals surface area contributed by atoms with Gasteiger partial charge in [-0.05, 0) is 55.4 Å². The quantitative estimate of drug-likeness (QED) is 0.636. The summed E-state index contributed by atoms with van der Waals surface area (Å²) in [4.78, 5) is 23.1. The maximum atomic E-state index is 12.0. The van der Waals surface area contributed by atoms with E-state index < -0.39 is 5.97 Å². The summed E-state index contributed by atoms with van der Waals surface area (Å²) < 4.78 is 10.7. The number of ether oxygens (including phenoxy) is 2. The highest BCUT2D eigenvalue weighted by Gasteiger charge is 2.20. The Bertz CT molecular complexity index is 998. The molecule has 0 bridgehead atoms. The molecule has 2 aromatic heterocycles. The van der Waals surface area contributed by atoms with Gasteiger partial charge in [0.05, 0.1) is 5.39 Å². The highest BCUT2D eigenvalue weighted by molar-refractivity contribution is 7.19.